The Hall–Kier alpha value is -1.23. The third kappa shape index (κ3) is 3.41. The number of pyridine rings is 1. The van der Waals surface area contributed by atoms with Crippen molar-refractivity contribution in [3.05, 3.63) is 30.1 Å². The van der Waals surface area contributed by atoms with Crippen LogP contribution in [0.5, 0.6) is 0 Å². The van der Waals surface area contributed by atoms with Crippen molar-refractivity contribution in [2.45, 2.75) is 13.0 Å². The van der Waals surface area contributed by atoms with E-state index in [4.69, 9.17) is 0 Å². The van der Waals surface area contributed by atoms with E-state index in [0.717, 1.165) is 0 Å². The van der Waals surface area contributed by atoms with Crippen LogP contribution >= 0.6 is 0 Å². The summed E-state index contributed by atoms with van der Waals surface area (Å²) in [5, 5.41) is 0. The first kappa shape index (κ1) is 12.8. The van der Waals surface area contributed by atoms with Gasteiger partial charge in [-0.25, -0.2) is 0 Å². The molecule has 0 bridgehead atoms. The van der Waals surface area contributed by atoms with Gasteiger partial charge < -0.3 is 4.90 Å². The third-order valence-electron chi connectivity index (χ3n) is 2.37. The lowest BCUT2D eigenvalue weighted by Crippen LogP contribution is -2.38. The minimum atomic E-state index is -0.899. The zero-order chi connectivity index (χ0) is 12.1. The first-order valence-electron chi connectivity index (χ1n) is 4.99. The van der Waals surface area contributed by atoms with E-state index in [-0.39, 0.29) is 11.9 Å². The second-order valence-corrected chi connectivity index (χ2v) is 5.23. The molecule has 5 heteroatoms. The zero-order valence-corrected chi connectivity index (χ0v) is 10.5. The highest BCUT2D eigenvalue weighted by Crippen LogP contribution is 2.05. The predicted molar refractivity (Wildman–Crippen MR) is 64.7 cm³/mol. The highest BCUT2D eigenvalue weighted by Gasteiger charge is 2.18. The second-order valence-electron chi connectivity index (χ2n) is 3.75. The van der Waals surface area contributed by atoms with Gasteiger partial charge in [-0.3, -0.25) is 14.0 Å². The Morgan fingerprint density at radius 2 is 2.31 bits per heavy atom. The Labute approximate surface area is 98.1 Å². The van der Waals surface area contributed by atoms with Gasteiger partial charge in [0.2, 0.25) is 0 Å². The van der Waals surface area contributed by atoms with Gasteiger partial charge in [0.05, 0.1) is 5.56 Å². The van der Waals surface area contributed by atoms with Crippen LogP contribution in [0.3, 0.4) is 0 Å². The first-order chi connectivity index (χ1) is 7.52. The van der Waals surface area contributed by atoms with E-state index >= 15 is 0 Å². The molecule has 0 aromatic carbocycles. The van der Waals surface area contributed by atoms with E-state index in [1.54, 1.807) is 36.5 Å². The monoisotopic (exact) mass is 240 g/mol. The summed E-state index contributed by atoms with van der Waals surface area (Å²) in [4.78, 5) is 17.5. The van der Waals surface area contributed by atoms with E-state index < -0.39 is 10.8 Å². The average molecular weight is 240 g/mol. The maximum absolute atomic E-state index is 12.0. The summed E-state index contributed by atoms with van der Waals surface area (Å²) in [5.74, 6) is 0.397. The maximum atomic E-state index is 12.0. The van der Waals surface area contributed by atoms with Gasteiger partial charge in [0, 0.05) is 48.3 Å². The van der Waals surface area contributed by atoms with Gasteiger partial charge in [-0.2, -0.15) is 0 Å². The van der Waals surface area contributed by atoms with Gasteiger partial charge in [-0.05, 0) is 19.1 Å². The minimum Gasteiger partial charge on any atom is -0.338 e. The van der Waals surface area contributed by atoms with Crippen LogP contribution in [-0.4, -0.2) is 45.1 Å². The van der Waals surface area contributed by atoms with E-state index in [2.05, 4.69) is 4.98 Å². The van der Waals surface area contributed by atoms with Crippen molar-refractivity contribution in [3.8, 4) is 0 Å². The summed E-state index contributed by atoms with van der Waals surface area (Å²) in [6.07, 6.45) is 4.80. The summed E-state index contributed by atoms with van der Waals surface area (Å²) in [7, 11) is 0.816. The molecule has 0 radical (unpaired) electrons. The number of amides is 1. The summed E-state index contributed by atoms with van der Waals surface area (Å²) < 4.78 is 11.1. The molecular weight excluding hydrogens is 224 g/mol. The lowest BCUT2D eigenvalue weighted by molar-refractivity contribution is 0.0757. The maximum Gasteiger partial charge on any atom is 0.255 e. The molecule has 1 aromatic rings. The van der Waals surface area contributed by atoms with Gasteiger partial charge in [0.15, 0.2) is 0 Å². The Bertz CT molecular complexity index is 381. The second kappa shape index (κ2) is 5.75. The summed E-state index contributed by atoms with van der Waals surface area (Å²) in [6.45, 7) is 1.88. The molecule has 0 aliphatic carbocycles. The lowest BCUT2D eigenvalue weighted by atomic mass is 10.2. The van der Waals surface area contributed by atoms with Crippen molar-refractivity contribution in [2.75, 3.05) is 19.1 Å². The molecule has 0 saturated heterocycles. The van der Waals surface area contributed by atoms with E-state index in [1.165, 1.54) is 6.20 Å². The molecule has 0 fully saturated rings. The Balaban J connectivity index is 2.71. The number of nitrogens with zero attached hydrogens (tertiary/aromatic N) is 2. The molecule has 1 rings (SSSR count). The van der Waals surface area contributed by atoms with Crippen LogP contribution in [0.25, 0.3) is 0 Å². The fraction of sp³-hybridized carbons (Fsp3) is 0.455. The number of carbonyl (C=O) groups excluding carboxylic acids is 1. The number of carbonyl (C=O) groups is 1. The molecule has 16 heavy (non-hydrogen) atoms. The van der Waals surface area contributed by atoms with Crippen molar-refractivity contribution in [1.29, 1.82) is 0 Å². The molecule has 1 aromatic heterocycles. The predicted octanol–water partition coefficient (Wildman–Crippen LogP) is 0.921. The van der Waals surface area contributed by atoms with Gasteiger partial charge in [-0.15, -0.1) is 0 Å². The fourth-order valence-corrected chi connectivity index (χ4v) is 2.25. The van der Waals surface area contributed by atoms with Crippen LogP contribution in [0.1, 0.15) is 17.3 Å². The van der Waals surface area contributed by atoms with Crippen LogP contribution in [0.15, 0.2) is 24.5 Å². The molecule has 0 spiro atoms. The van der Waals surface area contributed by atoms with Gasteiger partial charge in [-0.1, -0.05) is 0 Å². The molecule has 1 amide bonds. The van der Waals surface area contributed by atoms with Gasteiger partial charge in [0.1, 0.15) is 0 Å². The van der Waals surface area contributed by atoms with Crippen molar-refractivity contribution >= 4 is 16.7 Å². The van der Waals surface area contributed by atoms with Crippen LogP contribution in [0.2, 0.25) is 0 Å². The van der Waals surface area contributed by atoms with Gasteiger partial charge in [0.25, 0.3) is 5.91 Å². The largest absolute Gasteiger partial charge is 0.338 e. The van der Waals surface area contributed by atoms with Crippen LogP contribution in [0, 0.1) is 0 Å². The van der Waals surface area contributed by atoms with Crippen molar-refractivity contribution in [1.82, 2.24) is 9.88 Å². The molecule has 0 aliphatic heterocycles. The number of aromatic nitrogens is 1. The van der Waals surface area contributed by atoms with Crippen LogP contribution in [-0.2, 0) is 10.8 Å². The zero-order valence-electron chi connectivity index (χ0n) is 9.71. The average Bonchev–Trinajstić information content (AvgIpc) is 2.27. The van der Waals surface area contributed by atoms with E-state index in [0.29, 0.717) is 11.3 Å². The molecular formula is C11H16N2O2S. The Kier molecular flexibility index (Phi) is 4.61. The quantitative estimate of drug-likeness (QED) is 0.786. The number of hydrogen-bond acceptors (Lipinski definition) is 3. The standard InChI is InChI=1S/C11H16N2O2S/c1-9(8-16(3)15)13(2)11(14)10-5-4-6-12-7-10/h4-7,9H,8H2,1-3H3. The molecule has 0 saturated carbocycles. The number of rotatable bonds is 4. The summed E-state index contributed by atoms with van der Waals surface area (Å²) in [6, 6.07) is 3.41. The summed E-state index contributed by atoms with van der Waals surface area (Å²) in [5.41, 5.74) is 0.554. The minimum absolute atomic E-state index is 0.0430. The molecule has 1 heterocycles. The lowest BCUT2D eigenvalue weighted by Gasteiger charge is -2.24. The fourth-order valence-electron chi connectivity index (χ4n) is 1.34. The highest BCUT2D eigenvalue weighted by molar-refractivity contribution is 7.84. The highest BCUT2D eigenvalue weighted by atomic mass is 32.2. The topological polar surface area (TPSA) is 50.3 Å². The van der Waals surface area contributed by atoms with Crippen LogP contribution < -0.4 is 0 Å². The van der Waals surface area contributed by atoms with Crippen molar-refractivity contribution in [2.24, 2.45) is 0 Å². The van der Waals surface area contributed by atoms with E-state index in [1.807, 2.05) is 6.92 Å². The molecule has 88 valence electrons. The van der Waals surface area contributed by atoms with Crippen molar-refractivity contribution < 1.29 is 9.00 Å². The molecule has 0 N–H and O–H groups in total. The first-order valence-corrected chi connectivity index (χ1v) is 6.72. The SMILES string of the molecule is CC(CS(C)=O)N(C)C(=O)c1cccnc1. The molecule has 2 unspecified atom stereocenters. The van der Waals surface area contributed by atoms with E-state index in [9.17, 15) is 9.00 Å². The number of hydrogen-bond donors (Lipinski definition) is 0. The normalized spacial score (nSPS) is 14.2. The Morgan fingerprint density at radius 1 is 1.62 bits per heavy atom. The Morgan fingerprint density at radius 3 is 2.81 bits per heavy atom. The summed E-state index contributed by atoms with van der Waals surface area (Å²) >= 11 is 0. The third-order valence-corrected chi connectivity index (χ3v) is 3.32. The molecule has 4 nitrogen and oxygen atoms in total. The van der Waals surface area contributed by atoms with Crippen LogP contribution in [0.4, 0.5) is 0 Å². The van der Waals surface area contributed by atoms with Gasteiger partial charge >= 0.3 is 0 Å². The van der Waals surface area contributed by atoms with Crippen molar-refractivity contribution in [3.63, 3.8) is 0 Å². The smallest absolute Gasteiger partial charge is 0.255 e. The molecule has 2 atom stereocenters. The molecule has 0 aliphatic rings.